The Labute approximate surface area is 113 Å². The number of hydrogen-bond acceptors (Lipinski definition) is 2. The molecule has 2 aromatic rings. The summed E-state index contributed by atoms with van der Waals surface area (Å²) in [7, 11) is -3.78. The highest BCUT2D eigenvalue weighted by molar-refractivity contribution is 9.10. The lowest BCUT2D eigenvalue weighted by Gasteiger charge is -2.09. The Bertz CT molecular complexity index is 673. The van der Waals surface area contributed by atoms with Crippen LogP contribution in [0.2, 0.25) is 0 Å². The summed E-state index contributed by atoms with van der Waals surface area (Å²) in [4.78, 5) is -0.113. The van der Waals surface area contributed by atoms with Crippen molar-refractivity contribution in [3.63, 3.8) is 0 Å². The molecule has 0 amide bonds. The molecule has 0 atom stereocenters. The summed E-state index contributed by atoms with van der Waals surface area (Å²) in [6.07, 6.45) is 0. The Hall–Kier alpha value is -1.40. The summed E-state index contributed by atoms with van der Waals surface area (Å²) in [5.74, 6) is -0.593. The Morgan fingerprint density at radius 3 is 2.44 bits per heavy atom. The minimum absolute atomic E-state index is 0.113. The predicted octanol–water partition coefficient (Wildman–Crippen LogP) is 3.39. The van der Waals surface area contributed by atoms with Crippen LogP contribution in [0.5, 0.6) is 0 Å². The molecule has 2 rings (SSSR count). The average Bonchev–Trinajstić information content (AvgIpc) is 2.32. The fourth-order valence-electron chi connectivity index (χ4n) is 1.38. The van der Waals surface area contributed by atoms with E-state index in [1.807, 2.05) is 0 Å². The molecule has 0 saturated heterocycles. The Morgan fingerprint density at radius 2 is 1.78 bits per heavy atom. The van der Waals surface area contributed by atoms with Crippen LogP contribution in [0.4, 0.5) is 10.1 Å². The predicted molar refractivity (Wildman–Crippen MR) is 71.4 cm³/mol. The van der Waals surface area contributed by atoms with Gasteiger partial charge in [0.15, 0.2) is 0 Å². The molecule has 0 saturated carbocycles. The molecule has 0 radical (unpaired) electrons. The van der Waals surface area contributed by atoms with Gasteiger partial charge in [-0.25, -0.2) is 12.8 Å². The van der Waals surface area contributed by atoms with E-state index in [1.165, 1.54) is 18.2 Å². The second-order valence-corrected chi connectivity index (χ2v) is 6.08. The summed E-state index contributed by atoms with van der Waals surface area (Å²) >= 11 is 3.23. The topological polar surface area (TPSA) is 46.2 Å². The van der Waals surface area contributed by atoms with E-state index in [0.717, 1.165) is 6.07 Å². The average molecular weight is 330 g/mol. The molecular weight excluding hydrogens is 321 g/mol. The van der Waals surface area contributed by atoms with Gasteiger partial charge in [-0.15, -0.1) is 0 Å². The Kier molecular flexibility index (Phi) is 3.68. The third kappa shape index (κ3) is 2.88. The van der Waals surface area contributed by atoms with Crippen LogP contribution in [-0.4, -0.2) is 8.42 Å². The molecule has 2 aromatic carbocycles. The SMILES string of the molecule is O=S(=O)(Nc1ccccc1Br)c1cccc(F)c1. The zero-order chi connectivity index (χ0) is 13.2. The Morgan fingerprint density at radius 1 is 1.06 bits per heavy atom. The van der Waals surface area contributed by atoms with Gasteiger partial charge in [-0.3, -0.25) is 4.72 Å². The molecule has 0 unspecified atom stereocenters. The molecule has 0 bridgehead atoms. The lowest BCUT2D eigenvalue weighted by atomic mass is 10.3. The number of hydrogen-bond donors (Lipinski definition) is 1. The largest absolute Gasteiger partial charge is 0.278 e. The van der Waals surface area contributed by atoms with Crippen LogP contribution in [-0.2, 0) is 10.0 Å². The van der Waals surface area contributed by atoms with Gasteiger partial charge in [0.25, 0.3) is 10.0 Å². The summed E-state index contributed by atoms with van der Waals surface area (Å²) in [5.41, 5.74) is 0.404. The van der Waals surface area contributed by atoms with Crippen LogP contribution in [0.15, 0.2) is 57.9 Å². The third-order valence-corrected chi connectivity index (χ3v) is 4.28. The smallest absolute Gasteiger partial charge is 0.262 e. The van der Waals surface area contributed by atoms with Crippen LogP contribution in [0.3, 0.4) is 0 Å². The molecule has 0 aromatic heterocycles. The highest BCUT2D eigenvalue weighted by Gasteiger charge is 2.15. The Balaban J connectivity index is 2.37. The molecule has 94 valence electrons. The number of sulfonamides is 1. The van der Waals surface area contributed by atoms with Gasteiger partial charge in [0.05, 0.1) is 10.6 Å². The van der Waals surface area contributed by atoms with E-state index in [9.17, 15) is 12.8 Å². The highest BCUT2D eigenvalue weighted by Crippen LogP contribution is 2.24. The number of benzene rings is 2. The summed E-state index contributed by atoms with van der Waals surface area (Å²) in [6, 6.07) is 11.6. The van der Waals surface area contributed by atoms with Crippen molar-refractivity contribution in [1.29, 1.82) is 0 Å². The molecule has 3 nitrogen and oxygen atoms in total. The molecular formula is C12H9BrFNO2S. The highest BCUT2D eigenvalue weighted by atomic mass is 79.9. The lowest BCUT2D eigenvalue weighted by molar-refractivity contribution is 0.595. The van der Waals surface area contributed by atoms with Gasteiger partial charge in [0.2, 0.25) is 0 Å². The molecule has 0 aliphatic carbocycles. The first-order valence-electron chi connectivity index (χ1n) is 5.02. The van der Waals surface area contributed by atoms with Crippen molar-refractivity contribution < 1.29 is 12.8 Å². The first kappa shape index (κ1) is 13.0. The van der Waals surface area contributed by atoms with Crippen LogP contribution >= 0.6 is 15.9 Å². The summed E-state index contributed by atoms with van der Waals surface area (Å²) in [5, 5.41) is 0. The monoisotopic (exact) mass is 329 g/mol. The minimum atomic E-state index is -3.78. The number of rotatable bonds is 3. The van der Waals surface area contributed by atoms with E-state index in [-0.39, 0.29) is 4.90 Å². The van der Waals surface area contributed by atoms with Gasteiger partial charge in [0.1, 0.15) is 5.82 Å². The fraction of sp³-hybridized carbons (Fsp3) is 0. The maximum atomic E-state index is 13.0. The first-order valence-corrected chi connectivity index (χ1v) is 7.29. The van der Waals surface area contributed by atoms with Crippen molar-refractivity contribution in [3.05, 3.63) is 58.8 Å². The summed E-state index contributed by atoms with van der Waals surface area (Å²) < 4.78 is 40.0. The van der Waals surface area contributed by atoms with E-state index < -0.39 is 15.8 Å². The van der Waals surface area contributed by atoms with Crippen LogP contribution in [0, 0.1) is 5.82 Å². The van der Waals surface area contributed by atoms with E-state index in [1.54, 1.807) is 24.3 Å². The second-order valence-electron chi connectivity index (χ2n) is 3.54. The van der Waals surface area contributed by atoms with Crippen LogP contribution in [0.25, 0.3) is 0 Å². The van der Waals surface area contributed by atoms with Gasteiger partial charge >= 0.3 is 0 Å². The molecule has 6 heteroatoms. The fourth-order valence-corrected chi connectivity index (χ4v) is 3.01. The summed E-state index contributed by atoms with van der Waals surface area (Å²) in [6.45, 7) is 0. The minimum Gasteiger partial charge on any atom is -0.278 e. The van der Waals surface area contributed by atoms with E-state index in [2.05, 4.69) is 20.7 Å². The molecule has 0 heterocycles. The lowest BCUT2D eigenvalue weighted by Crippen LogP contribution is -2.13. The molecule has 0 aliphatic rings. The maximum Gasteiger partial charge on any atom is 0.262 e. The standard InChI is InChI=1S/C12H9BrFNO2S/c13-11-6-1-2-7-12(11)15-18(16,17)10-5-3-4-9(14)8-10/h1-8,15H. The number of halogens is 2. The van der Waals surface area contributed by atoms with Gasteiger partial charge in [-0.2, -0.15) is 0 Å². The van der Waals surface area contributed by atoms with Crippen molar-refractivity contribution in [3.8, 4) is 0 Å². The molecule has 0 spiro atoms. The third-order valence-electron chi connectivity index (χ3n) is 2.22. The van der Waals surface area contributed by atoms with Crippen LogP contribution in [0.1, 0.15) is 0 Å². The van der Waals surface area contributed by atoms with Gasteiger partial charge < -0.3 is 0 Å². The van der Waals surface area contributed by atoms with Crippen molar-refractivity contribution in [2.45, 2.75) is 4.90 Å². The molecule has 0 fully saturated rings. The zero-order valence-corrected chi connectivity index (χ0v) is 11.5. The molecule has 1 N–H and O–H groups in total. The van der Waals surface area contributed by atoms with Crippen LogP contribution < -0.4 is 4.72 Å². The van der Waals surface area contributed by atoms with Crippen molar-refractivity contribution in [2.75, 3.05) is 4.72 Å². The molecule has 18 heavy (non-hydrogen) atoms. The number of anilines is 1. The van der Waals surface area contributed by atoms with E-state index in [4.69, 9.17) is 0 Å². The number of nitrogens with one attached hydrogen (secondary N) is 1. The molecule has 0 aliphatic heterocycles. The van der Waals surface area contributed by atoms with Gasteiger partial charge in [-0.05, 0) is 46.3 Å². The van der Waals surface area contributed by atoms with Gasteiger partial charge in [-0.1, -0.05) is 18.2 Å². The maximum absolute atomic E-state index is 13.0. The van der Waals surface area contributed by atoms with E-state index in [0.29, 0.717) is 10.2 Å². The van der Waals surface area contributed by atoms with Crippen molar-refractivity contribution >= 4 is 31.6 Å². The van der Waals surface area contributed by atoms with Crippen molar-refractivity contribution in [1.82, 2.24) is 0 Å². The zero-order valence-electron chi connectivity index (χ0n) is 9.10. The van der Waals surface area contributed by atoms with E-state index >= 15 is 0 Å². The normalized spacial score (nSPS) is 11.2. The van der Waals surface area contributed by atoms with Crippen molar-refractivity contribution in [2.24, 2.45) is 0 Å². The van der Waals surface area contributed by atoms with Gasteiger partial charge in [0, 0.05) is 4.47 Å². The first-order chi connectivity index (χ1) is 8.49. The number of para-hydroxylation sites is 1. The quantitative estimate of drug-likeness (QED) is 0.938. The second kappa shape index (κ2) is 5.07.